The monoisotopic (exact) mass is 344 g/mol. The average Bonchev–Trinajstić information content (AvgIpc) is 3.23. The summed E-state index contributed by atoms with van der Waals surface area (Å²) in [5, 5.41) is 4.67. The number of fused-ring (bicyclic) bond motifs is 1. The number of nitrogens with zero attached hydrogens (tertiary/aromatic N) is 3. The van der Waals surface area contributed by atoms with E-state index < -0.39 is 0 Å². The van der Waals surface area contributed by atoms with Gasteiger partial charge in [-0.25, -0.2) is 9.97 Å². The molecule has 118 valence electrons. The highest BCUT2D eigenvalue weighted by Crippen LogP contribution is 2.40. The summed E-state index contributed by atoms with van der Waals surface area (Å²) >= 11 is 8.23. The zero-order chi connectivity index (χ0) is 15.6. The fourth-order valence-corrected chi connectivity index (χ4v) is 4.43. The van der Waals surface area contributed by atoms with E-state index in [9.17, 15) is 0 Å². The topological polar surface area (TPSA) is 42.2 Å². The van der Waals surface area contributed by atoms with Crippen molar-refractivity contribution in [1.82, 2.24) is 14.4 Å². The van der Waals surface area contributed by atoms with Gasteiger partial charge in [0.05, 0.1) is 11.9 Å². The van der Waals surface area contributed by atoms with Gasteiger partial charge in [-0.2, -0.15) is 11.8 Å². The number of hydrogen-bond acceptors (Lipinski definition) is 4. The van der Waals surface area contributed by atoms with Crippen molar-refractivity contribution in [2.45, 2.75) is 24.6 Å². The van der Waals surface area contributed by atoms with E-state index >= 15 is 0 Å². The Morgan fingerprint density at radius 3 is 3.04 bits per heavy atom. The summed E-state index contributed by atoms with van der Waals surface area (Å²) < 4.78 is 2.16. The lowest BCUT2D eigenvalue weighted by Gasteiger charge is -2.10. The molecule has 0 spiro atoms. The van der Waals surface area contributed by atoms with Gasteiger partial charge >= 0.3 is 0 Å². The van der Waals surface area contributed by atoms with E-state index in [0.29, 0.717) is 11.8 Å². The SMILES string of the molecule is Clc1ccccc1CNc1nccn2c([C@@H]3CCCS3)cnc12. The number of anilines is 1. The minimum absolute atomic E-state index is 0.545. The molecule has 1 saturated heterocycles. The Hall–Kier alpha value is -1.72. The van der Waals surface area contributed by atoms with Crippen LogP contribution in [0.1, 0.15) is 29.3 Å². The summed E-state index contributed by atoms with van der Waals surface area (Å²) in [5.41, 5.74) is 3.20. The molecule has 0 amide bonds. The Kier molecular flexibility index (Phi) is 4.14. The second-order valence-corrected chi connectivity index (χ2v) is 7.32. The number of hydrogen-bond donors (Lipinski definition) is 1. The summed E-state index contributed by atoms with van der Waals surface area (Å²) in [6, 6.07) is 7.84. The molecular formula is C17H17ClN4S. The van der Waals surface area contributed by atoms with Crippen LogP contribution < -0.4 is 5.32 Å². The molecule has 0 unspecified atom stereocenters. The number of halogens is 1. The van der Waals surface area contributed by atoms with Crippen LogP contribution in [0.2, 0.25) is 5.02 Å². The number of thioether (sulfide) groups is 1. The lowest BCUT2D eigenvalue weighted by Crippen LogP contribution is -2.05. The van der Waals surface area contributed by atoms with E-state index in [1.165, 1.54) is 24.3 Å². The molecule has 3 heterocycles. The molecule has 0 bridgehead atoms. The number of imidazole rings is 1. The highest BCUT2D eigenvalue weighted by molar-refractivity contribution is 7.99. The third-order valence-electron chi connectivity index (χ3n) is 4.12. The van der Waals surface area contributed by atoms with Crippen LogP contribution in [-0.2, 0) is 6.54 Å². The lowest BCUT2D eigenvalue weighted by molar-refractivity contribution is 0.798. The van der Waals surface area contributed by atoms with Crippen LogP contribution in [0.15, 0.2) is 42.9 Å². The first kappa shape index (κ1) is 14.8. The average molecular weight is 345 g/mol. The Morgan fingerprint density at radius 1 is 1.30 bits per heavy atom. The summed E-state index contributed by atoms with van der Waals surface area (Å²) in [5.74, 6) is 2.03. The van der Waals surface area contributed by atoms with Gasteiger partial charge in [-0.1, -0.05) is 29.8 Å². The highest BCUT2D eigenvalue weighted by Gasteiger charge is 2.21. The Morgan fingerprint density at radius 2 is 2.22 bits per heavy atom. The fraction of sp³-hybridized carbons (Fsp3) is 0.294. The van der Waals surface area contributed by atoms with E-state index in [0.717, 1.165) is 22.1 Å². The third-order valence-corrected chi connectivity index (χ3v) is 5.89. The predicted octanol–water partition coefficient (Wildman–Crippen LogP) is 4.56. The molecule has 2 aromatic heterocycles. The van der Waals surface area contributed by atoms with Crippen molar-refractivity contribution >= 4 is 34.8 Å². The normalized spacial score (nSPS) is 17.7. The molecule has 1 fully saturated rings. The van der Waals surface area contributed by atoms with Gasteiger partial charge in [0.25, 0.3) is 0 Å². The Labute approximate surface area is 144 Å². The van der Waals surface area contributed by atoms with Crippen molar-refractivity contribution in [1.29, 1.82) is 0 Å². The summed E-state index contributed by atoms with van der Waals surface area (Å²) in [6.07, 6.45) is 8.32. The molecule has 1 aromatic carbocycles. The van der Waals surface area contributed by atoms with Gasteiger partial charge in [0.15, 0.2) is 11.5 Å². The minimum Gasteiger partial charge on any atom is -0.363 e. The highest BCUT2D eigenvalue weighted by atomic mass is 35.5. The first-order valence-corrected chi connectivity index (χ1v) is 9.16. The predicted molar refractivity (Wildman–Crippen MR) is 96.2 cm³/mol. The molecule has 0 radical (unpaired) electrons. The van der Waals surface area contributed by atoms with Gasteiger partial charge in [-0.05, 0) is 30.2 Å². The van der Waals surface area contributed by atoms with Crippen molar-refractivity contribution in [2.75, 3.05) is 11.1 Å². The van der Waals surface area contributed by atoms with Crippen LogP contribution in [0.25, 0.3) is 5.65 Å². The van der Waals surface area contributed by atoms with Crippen molar-refractivity contribution in [3.05, 3.63) is 59.1 Å². The zero-order valence-electron chi connectivity index (χ0n) is 12.6. The standard InChI is InChI=1S/C17H17ClN4S/c18-13-5-2-1-4-12(13)10-20-16-17-21-11-14(15-6-3-9-23-15)22(17)8-7-19-16/h1-2,4-5,7-8,11,15H,3,6,9-10H2,(H,19,20)/t15-/m0/s1. The van der Waals surface area contributed by atoms with Gasteiger partial charge in [0, 0.05) is 29.2 Å². The van der Waals surface area contributed by atoms with E-state index in [4.69, 9.17) is 11.6 Å². The van der Waals surface area contributed by atoms with Gasteiger partial charge in [0.1, 0.15) is 0 Å². The smallest absolute Gasteiger partial charge is 0.180 e. The van der Waals surface area contributed by atoms with Gasteiger partial charge in [-0.15, -0.1) is 0 Å². The van der Waals surface area contributed by atoms with E-state index in [2.05, 4.69) is 19.7 Å². The van der Waals surface area contributed by atoms with Gasteiger partial charge in [0.2, 0.25) is 0 Å². The molecule has 1 N–H and O–H groups in total. The maximum atomic E-state index is 6.21. The molecule has 0 aliphatic carbocycles. The summed E-state index contributed by atoms with van der Waals surface area (Å²) in [4.78, 5) is 9.04. The van der Waals surface area contributed by atoms with Crippen LogP contribution >= 0.6 is 23.4 Å². The first-order chi connectivity index (χ1) is 11.3. The maximum absolute atomic E-state index is 6.21. The van der Waals surface area contributed by atoms with Crippen LogP contribution in [0.4, 0.5) is 5.82 Å². The molecule has 6 heteroatoms. The Balaban J connectivity index is 1.62. The van der Waals surface area contributed by atoms with Crippen molar-refractivity contribution in [3.8, 4) is 0 Å². The van der Waals surface area contributed by atoms with Crippen LogP contribution in [-0.4, -0.2) is 20.1 Å². The molecular weight excluding hydrogens is 328 g/mol. The zero-order valence-corrected chi connectivity index (χ0v) is 14.1. The number of rotatable bonds is 4. The molecule has 1 aliphatic rings. The Bertz CT molecular complexity index is 826. The molecule has 0 saturated carbocycles. The molecule has 23 heavy (non-hydrogen) atoms. The lowest BCUT2D eigenvalue weighted by atomic mass is 10.2. The van der Waals surface area contributed by atoms with Crippen molar-refractivity contribution in [3.63, 3.8) is 0 Å². The van der Waals surface area contributed by atoms with Crippen LogP contribution in [0.3, 0.4) is 0 Å². The molecule has 3 aromatic rings. The third kappa shape index (κ3) is 2.91. The molecule has 1 aliphatic heterocycles. The number of benzene rings is 1. The van der Waals surface area contributed by atoms with Crippen LogP contribution in [0, 0.1) is 0 Å². The van der Waals surface area contributed by atoms with Gasteiger partial charge in [-0.3, -0.25) is 4.40 Å². The summed E-state index contributed by atoms with van der Waals surface area (Å²) in [6.45, 7) is 0.632. The summed E-state index contributed by atoms with van der Waals surface area (Å²) in [7, 11) is 0. The molecule has 4 nitrogen and oxygen atoms in total. The second-order valence-electron chi connectivity index (χ2n) is 5.60. The molecule has 1 atom stereocenters. The molecule has 4 rings (SSSR count). The van der Waals surface area contributed by atoms with E-state index in [1.54, 1.807) is 0 Å². The second kappa shape index (κ2) is 6.42. The minimum atomic E-state index is 0.545. The van der Waals surface area contributed by atoms with E-state index in [-0.39, 0.29) is 0 Å². The van der Waals surface area contributed by atoms with Crippen molar-refractivity contribution in [2.24, 2.45) is 0 Å². The van der Waals surface area contributed by atoms with Crippen molar-refractivity contribution < 1.29 is 0 Å². The van der Waals surface area contributed by atoms with Gasteiger partial charge < -0.3 is 5.32 Å². The number of nitrogens with one attached hydrogen (secondary N) is 1. The van der Waals surface area contributed by atoms with Crippen LogP contribution in [0.5, 0.6) is 0 Å². The largest absolute Gasteiger partial charge is 0.363 e. The fourth-order valence-electron chi connectivity index (χ4n) is 2.93. The number of aromatic nitrogens is 3. The first-order valence-electron chi connectivity index (χ1n) is 7.74. The van der Waals surface area contributed by atoms with E-state index in [1.807, 2.05) is 54.6 Å². The quantitative estimate of drug-likeness (QED) is 0.753. The maximum Gasteiger partial charge on any atom is 0.180 e.